The van der Waals surface area contributed by atoms with Gasteiger partial charge in [0.25, 0.3) is 0 Å². The van der Waals surface area contributed by atoms with Crippen LogP contribution in [0.5, 0.6) is 0 Å². The monoisotopic (exact) mass is 202 g/mol. The summed E-state index contributed by atoms with van der Waals surface area (Å²) in [7, 11) is 0. The first-order valence-electron chi connectivity index (χ1n) is 4.96. The van der Waals surface area contributed by atoms with E-state index in [4.69, 9.17) is 15.6 Å². The molecule has 1 saturated heterocycles. The van der Waals surface area contributed by atoms with Crippen molar-refractivity contribution >= 4 is 5.97 Å². The maximum absolute atomic E-state index is 10.3. The number of nitrogens with zero attached hydrogens (tertiary/aromatic N) is 1. The lowest BCUT2D eigenvalue weighted by Gasteiger charge is -2.28. The van der Waals surface area contributed by atoms with Crippen LogP contribution in [0.4, 0.5) is 0 Å². The molecule has 0 radical (unpaired) electrons. The zero-order chi connectivity index (χ0) is 10.4. The number of carboxylic acids is 1. The van der Waals surface area contributed by atoms with E-state index in [9.17, 15) is 4.79 Å². The van der Waals surface area contributed by atoms with Gasteiger partial charge in [0.2, 0.25) is 0 Å². The van der Waals surface area contributed by atoms with Crippen molar-refractivity contribution in [2.75, 3.05) is 32.8 Å². The van der Waals surface area contributed by atoms with Gasteiger partial charge in [0, 0.05) is 32.1 Å². The molecule has 0 bridgehead atoms. The molecule has 0 amide bonds. The van der Waals surface area contributed by atoms with Crippen LogP contribution in [-0.2, 0) is 9.53 Å². The first-order chi connectivity index (χ1) is 6.68. The lowest BCUT2D eigenvalue weighted by atomic mass is 10.1. The smallest absolute Gasteiger partial charge is 0.303 e. The SMILES string of the molecule is NC(CCC(=O)O)CN1CCOCC1. The predicted molar refractivity (Wildman–Crippen MR) is 52.1 cm³/mol. The fourth-order valence-corrected chi connectivity index (χ4v) is 1.52. The Morgan fingerprint density at radius 3 is 2.71 bits per heavy atom. The van der Waals surface area contributed by atoms with Crippen LogP contribution in [-0.4, -0.2) is 54.9 Å². The Morgan fingerprint density at radius 2 is 2.14 bits per heavy atom. The van der Waals surface area contributed by atoms with Gasteiger partial charge in [-0.15, -0.1) is 0 Å². The zero-order valence-corrected chi connectivity index (χ0v) is 8.32. The second-order valence-corrected chi connectivity index (χ2v) is 3.61. The summed E-state index contributed by atoms with van der Waals surface area (Å²) in [5.41, 5.74) is 5.81. The molecule has 0 aliphatic carbocycles. The minimum Gasteiger partial charge on any atom is -0.481 e. The van der Waals surface area contributed by atoms with Crippen molar-refractivity contribution in [1.29, 1.82) is 0 Å². The molecule has 1 atom stereocenters. The maximum atomic E-state index is 10.3. The van der Waals surface area contributed by atoms with Crippen molar-refractivity contribution in [2.24, 2.45) is 5.73 Å². The Hall–Kier alpha value is -0.650. The third-order valence-corrected chi connectivity index (χ3v) is 2.33. The molecule has 1 unspecified atom stereocenters. The lowest BCUT2D eigenvalue weighted by Crippen LogP contribution is -2.43. The molecule has 0 spiro atoms. The predicted octanol–water partition coefficient (Wildman–Crippen LogP) is -0.489. The van der Waals surface area contributed by atoms with Gasteiger partial charge in [0.05, 0.1) is 13.2 Å². The van der Waals surface area contributed by atoms with Crippen molar-refractivity contribution in [3.63, 3.8) is 0 Å². The molecule has 0 aromatic heterocycles. The van der Waals surface area contributed by atoms with E-state index in [-0.39, 0.29) is 12.5 Å². The van der Waals surface area contributed by atoms with Crippen LogP contribution in [0.3, 0.4) is 0 Å². The number of morpholine rings is 1. The van der Waals surface area contributed by atoms with Crippen LogP contribution in [0.15, 0.2) is 0 Å². The third-order valence-electron chi connectivity index (χ3n) is 2.33. The Balaban J connectivity index is 2.11. The molecule has 0 aromatic rings. The van der Waals surface area contributed by atoms with Crippen molar-refractivity contribution < 1.29 is 14.6 Å². The van der Waals surface area contributed by atoms with Crippen molar-refractivity contribution in [3.05, 3.63) is 0 Å². The molecule has 1 rings (SSSR count). The number of ether oxygens (including phenoxy) is 1. The molecule has 0 saturated carbocycles. The molecule has 0 aromatic carbocycles. The molecule has 1 aliphatic rings. The molecule has 1 heterocycles. The van der Waals surface area contributed by atoms with E-state index in [1.165, 1.54) is 0 Å². The van der Waals surface area contributed by atoms with E-state index in [0.29, 0.717) is 6.42 Å². The van der Waals surface area contributed by atoms with Gasteiger partial charge in [-0.25, -0.2) is 0 Å². The summed E-state index contributed by atoms with van der Waals surface area (Å²) >= 11 is 0. The summed E-state index contributed by atoms with van der Waals surface area (Å²) in [6, 6.07) is -0.0378. The Kier molecular flexibility index (Phi) is 4.86. The summed E-state index contributed by atoms with van der Waals surface area (Å²) in [4.78, 5) is 12.5. The maximum Gasteiger partial charge on any atom is 0.303 e. The van der Waals surface area contributed by atoms with Crippen molar-refractivity contribution in [2.45, 2.75) is 18.9 Å². The van der Waals surface area contributed by atoms with Gasteiger partial charge in [-0.3, -0.25) is 9.69 Å². The highest BCUT2D eigenvalue weighted by molar-refractivity contribution is 5.66. The number of rotatable bonds is 5. The highest BCUT2D eigenvalue weighted by atomic mass is 16.5. The number of hydrogen-bond acceptors (Lipinski definition) is 4. The Labute approximate surface area is 83.8 Å². The first kappa shape index (κ1) is 11.4. The molecule has 1 fully saturated rings. The lowest BCUT2D eigenvalue weighted by molar-refractivity contribution is -0.137. The van der Waals surface area contributed by atoms with Gasteiger partial charge in [0.1, 0.15) is 0 Å². The van der Waals surface area contributed by atoms with Gasteiger partial charge in [-0.05, 0) is 6.42 Å². The Morgan fingerprint density at radius 1 is 1.50 bits per heavy atom. The molecule has 3 N–H and O–H groups in total. The average molecular weight is 202 g/mol. The quantitative estimate of drug-likeness (QED) is 0.629. The molecule has 1 aliphatic heterocycles. The zero-order valence-electron chi connectivity index (χ0n) is 8.32. The number of carboxylic acid groups (broad SMARTS) is 1. The van der Waals surface area contributed by atoms with Crippen LogP contribution in [0.2, 0.25) is 0 Å². The van der Waals surface area contributed by atoms with Crippen LogP contribution < -0.4 is 5.73 Å². The van der Waals surface area contributed by atoms with Gasteiger partial charge in [0.15, 0.2) is 0 Å². The molecule has 5 heteroatoms. The van der Waals surface area contributed by atoms with E-state index < -0.39 is 5.97 Å². The summed E-state index contributed by atoms with van der Waals surface area (Å²) in [5.74, 6) is -0.776. The highest BCUT2D eigenvalue weighted by Crippen LogP contribution is 2.01. The van der Waals surface area contributed by atoms with Crippen molar-refractivity contribution in [3.8, 4) is 0 Å². The first-order valence-corrected chi connectivity index (χ1v) is 4.96. The summed E-state index contributed by atoms with van der Waals surface area (Å²) in [6.45, 7) is 4.09. The topological polar surface area (TPSA) is 75.8 Å². The minimum atomic E-state index is -0.776. The van der Waals surface area contributed by atoms with Gasteiger partial charge >= 0.3 is 5.97 Å². The average Bonchev–Trinajstić information content (AvgIpc) is 2.16. The largest absolute Gasteiger partial charge is 0.481 e. The Bertz CT molecular complexity index is 181. The molecular formula is C9H18N2O3. The van der Waals surface area contributed by atoms with Crippen molar-refractivity contribution in [1.82, 2.24) is 4.90 Å². The second kappa shape index (κ2) is 5.95. The van der Waals surface area contributed by atoms with Gasteiger partial charge < -0.3 is 15.6 Å². The highest BCUT2D eigenvalue weighted by Gasteiger charge is 2.14. The van der Waals surface area contributed by atoms with Crippen LogP contribution >= 0.6 is 0 Å². The molecule has 82 valence electrons. The van der Waals surface area contributed by atoms with E-state index >= 15 is 0 Å². The van der Waals surface area contributed by atoms with Gasteiger partial charge in [-0.2, -0.15) is 0 Å². The van der Waals surface area contributed by atoms with E-state index in [1.807, 2.05) is 0 Å². The van der Waals surface area contributed by atoms with Gasteiger partial charge in [-0.1, -0.05) is 0 Å². The molecule has 14 heavy (non-hydrogen) atoms. The van der Waals surface area contributed by atoms with E-state index in [1.54, 1.807) is 0 Å². The van der Waals surface area contributed by atoms with E-state index in [0.717, 1.165) is 32.8 Å². The van der Waals surface area contributed by atoms with Crippen LogP contribution in [0.25, 0.3) is 0 Å². The summed E-state index contributed by atoms with van der Waals surface area (Å²) in [6.07, 6.45) is 0.707. The number of carbonyl (C=O) groups is 1. The normalized spacial score (nSPS) is 20.6. The second-order valence-electron chi connectivity index (χ2n) is 3.61. The number of hydrogen-bond donors (Lipinski definition) is 2. The third kappa shape index (κ3) is 4.55. The summed E-state index contributed by atoms with van der Waals surface area (Å²) in [5, 5.41) is 8.48. The van der Waals surface area contributed by atoms with Crippen LogP contribution in [0, 0.1) is 0 Å². The molecular weight excluding hydrogens is 184 g/mol. The fraction of sp³-hybridized carbons (Fsp3) is 0.889. The fourth-order valence-electron chi connectivity index (χ4n) is 1.52. The minimum absolute atomic E-state index is 0.0378. The summed E-state index contributed by atoms with van der Waals surface area (Å²) < 4.78 is 5.20. The van der Waals surface area contributed by atoms with Crippen LogP contribution in [0.1, 0.15) is 12.8 Å². The molecule has 5 nitrogen and oxygen atoms in total. The van der Waals surface area contributed by atoms with E-state index in [2.05, 4.69) is 4.90 Å². The number of aliphatic carboxylic acids is 1. The number of nitrogens with two attached hydrogens (primary N) is 1. The standard InChI is InChI=1S/C9H18N2O3/c10-8(1-2-9(12)13)7-11-3-5-14-6-4-11/h8H,1-7,10H2,(H,12,13).